The van der Waals surface area contributed by atoms with Gasteiger partial charge < -0.3 is 4.90 Å². The fourth-order valence-electron chi connectivity index (χ4n) is 3.28. The standard InChI is InChI=1S/C17H21N3O4S/c1-2-8-19(13-7-9-25(23,24)12-13)17(22)11-20-15-6-4-3-5-14(15)16(21)10-18-20/h3-6,10,13H,2,7-9,11-12H2,1H3. The fraction of sp³-hybridized carbons (Fsp3) is 0.471. The summed E-state index contributed by atoms with van der Waals surface area (Å²) in [7, 11) is -3.06. The third-order valence-electron chi connectivity index (χ3n) is 4.48. The van der Waals surface area contributed by atoms with E-state index < -0.39 is 9.84 Å². The Morgan fingerprint density at radius 1 is 1.36 bits per heavy atom. The van der Waals surface area contributed by atoms with Crippen molar-refractivity contribution in [3.63, 3.8) is 0 Å². The Bertz CT molecular complexity index is 952. The van der Waals surface area contributed by atoms with Crippen LogP contribution in [0.2, 0.25) is 0 Å². The van der Waals surface area contributed by atoms with Crippen LogP contribution in [-0.4, -0.2) is 53.1 Å². The topological polar surface area (TPSA) is 89.3 Å². The zero-order valence-electron chi connectivity index (χ0n) is 14.1. The van der Waals surface area contributed by atoms with E-state index in [2.05, 4.69) is 5.10 Å². The molecule has 1 aliphatic heterocycles. The second-order valence-corrected chi connectivity index (χ2v) is 8.56. The number of para-hydroxylation sites is 1. The summed E-state index contributed by atoms with van der Waals surface area (Å²) in [6.07, 6.45) is 2.44. The number of amides is 1. The molecule has 2 aromatic rings. The quantitative estimate of drug-likeness (QED) is 0.785. The number of carbonyl (C=O) groups excluding carboxylic acids is 1. The first-order valence-corrected chi connectivity index (χ1v) is 10.2. The summed E-state index contributed by atoms with van der Waals surface area (Å²) >= 11 is 0. The fourth-order valence-corrected chi connectivity index (χ4v) is 5.01. The maximum Gasteiger partial charge on any atom is 0.244 e. The van der Waals surface area contributed by atoms with Crippen molar-refractivity contribution in [3.05, 3.63) is 40.7 Å². The predicted molar refractivity (Wildman–Crippen MR) is 95.1 cm³/mol. The molecule has 1 aliphatic rings. The largest absolute Gasteiger partial charge is 0.337 e. The van der Waals surface area contributed by atoms with Crippen LogP contribution < -0.4 is 5.43 Å². The second-order valence-electron chi connectivity index (χ2n) is 6.33. The van der Waals surface area contributed by atoms with E-state index in [1.807, 2.05) is 6.92 Å². The van der Waals surface area contributed by atoms with E-state index in [4.69, 9.17) is 0 Å². The summed E-state index contributed by atoms with van der Waals surface area (Å²) in [6.45, 7) is 2.45. The number of hydrogen-bond donors (Lipinski definition) is 0. The van der Waals surface area contributed by atoms with Crippen LogP contribution in [0.4, 0.5) is 0 Å². The number of carbonyl (C=O) groups is 1. The third kappa shape index (κ3) is 3.73. The van der Waals surface area contributed by atoms with Crippen molar-refractivity contribution in [2.75, 3.05) is 18.1 Å². The van der Waals surface area contributed by atoms with E-state index in [-0.39, 0.29) is 35.4 Å². The summed E-state index contributed by atoms with van der Waals surface area (Å²) in [5, 5.41) is 4.59. The van der Waals surface area contributed by atoms with E-state index >= 15 is 0 Å². The van der Waals surface area contributed by atoms with Gasteiger partial charge in [0.25, 0.3) is 0 Å². The molecule has 0 bridgehead atoms. The van der Waals surface area contributed by atoms with Crippen molar-refractivity contribution in [2.24, 2.45) is 0 Å². The SMILES string of the molecule is CCCN(C(=O)Cn1ncc(=O)c2ccccc21)C1CCS(=O)(=O)C1. The molecule has 1 aromatic carbocycles. The van der Waals surface area contributed by atoms with Crippen molar-refractivity contribution in [1.82, 2.24) is 14.7 Å². The van der Waals surface area contributed by atoms with E-state index in [1.165, 1.54) is 10.9 Å². The number of fused-ring (bicyclic) bond motifs is 1. The van der Waals surface area contributed by atoms with E-state index in [0.717, 1.165) is 6.42 Å². The summed E-state index contributed by atoms with van der Waals surface area (Å²) < 4.78 is 25.0. The smallest absolute Gasteiger partial charge is 0.244 e. The normalized spacial score (nSPS) is 19.2. The number of hydrogen-bond acceptors (Lipinski definition) is 5. The average Bonchev–Trinajstić information content (AvgIpc) is 2.95. The molecule has 25 heavy (non-hydrogen) atoms. The molecule has 1 amide bonds. The van der Waals surface area contributed by atoms with Gasteiger partial charge in [0.15, 0.2) is 9.84 Å². The minimum Gasteiger partial charge on any atom is -0.337 e. The van der Waals surface area contributed by atoms with Crippen LogP contribution in [0.15, 0.2) is 35.3 Å². The van der Waals surface area contributed by atoms with Gasteiger partial charge in [0.2, 0.25) is 11.3 Å². The van der Waals surface area contributed by atoms with Gasteiger partial charge in [-0.1, -0.05) is 19.1 Å². The minimum atomic E-state index is -3.06. The van der Waals surface area contributed by atoms with E-state index in [0.29, 0.717) is 23.9 Å². The lowest BCUT2D eigenvalue weighted by atomic mass is 10.2. The Labute approximate surface area is 146 Å². The summed E-state index contributed by atoms with van der Waals surface area (Å²) in [6, 6.07) is 6.73. The lowest BCUT2D eigenvalue weighted by molar-refractivity contribution is -0.133. The van der Waals surface area contributed by atoms with Crippen LogP contribution in [0.25, 0.3) is 10.9 Å². The predicted octanol–water partition coefficient (Wildman–Crippen LogP) is 0.822. The maximum atomic E-state index is 12.8. The van der Waals surface area contributed by atoms with Gasteiger partial charge in [-0.15, -0.1) is 0 Å². The Morgan fingerprint density at radius 2 is 2.12 bits per heavy atom. The molecule has 8 heteroatoms. The lowest BCUT2D eigenvalue weighted by Crippen LogP contribution is -2.43. The summed E-state index contributed by atoms with van der Waals surface area (Å²) in [5.41, 5.74) is 0.408. The molecule has 0 radical (unpaired) electrons. The van der Waals surface area contributed by atoms with Crippen molar-refractivity contribution in [1.29, 1.82) is 0 Å². The molecule has 1 saturated heterocycles. The van der Waals surface area contributed by atoms with E-state index in [9.17, 15) is 18.0 Å². The highest BCUT2D eigenvalue weighted by molar-refractivity contribution is 7.91. The monoisotopic (exact) mass is 363 g/mol. The molecule has 134 valence electrons. The first-order chi connectivity index (χ1) is 11.9. The molecule has 1 atom stereocenters. The number of benzene rings is 1. The lowest BCUT2D eigenvalue weighted by Gasteiger charge is -2.28. The van der Waals surface area contributed by atoms with Crippen molar-refractivity contribution < 1.29 is 13.2 Å². The number of sulfone groups is 1. The maximum absolute atomic E-state index is 12.8. The van der Waals surface area contributed by atoms with Gasteiger partial charge in [-0.05, 0) is 25.0 Å². The van der Waals surface area contributed by atoms with Gasteiger partial charge in [0, 0.05) is 18.0 Å². The summed E-state index contributed by atoms with van der Waals surface area (Å²) in [4.78, 5) is 26.4. The van der Waals surface area contributed by atoms with E-state index in [1.54, 1.807) is 29.2 Å². The number of rotatable bonds is 5. The van der Waals surface area contributed by atoms with Crippen LogP contribution in [0.3, 0.4) is 0 Å². The molecule has 1 fully saturated rings. The molecule has 1 unspecified atom stereocenters. The molecule has 0 N–H and O–H groups in total. The molecule has 2 heterocycles. The van der Waals surface area contributed by atoms with Crippen molar-refractivity contribution in [3.8, 4) is 0 Å². The molecular weight excluding hydrogens is 342 g/mol. The third-order valence-corrected chi connectivity index (χ3v) is 6.23. The van der Waals surface area contributed by atoms with Gasteiger partial charge in [0.1, 0.15) is 6.54 Å². The number of nitrogens with zero attached hydrogens (tertiary/aromatic N) is 3. The van der Waals surface area contributed by atoms with Gasteiger partial charge >= 0.3 is 0 Å². The average molecular weight is 363 g/mol. The first-order valence-electron chi connectivity index (χ1n) is 8.36. The van der Waals surface area contributed by atoms with Crippen LogP contribution in [0.1, 0.15) is 19.8 Å². The minimum absolute atomic E-state index is 0.0165. The van der Waals surface area contributed by atoms with Crippen LogP contribution >= 0.6 is 0 Å². The van der Waals surface area contributed by atoms with Crippen LogP contribution in [0.5, 0.6) is 0 Å². The zero-order chi connectivity index (χ0) is 18.0. The van der Waals surface area contributed by atoms with Crippen molar-refractivity contribution in [2.45, 2.75) is 32.4 Å². The Hall–Kier alpha value is -2.22. The van der Waals surface area contributed by atoms with Gasteiger partial charge in [-0.3, -0.25) is 14.3 Å². The highest BCUT2D eigenvalue weighted by atomic mass is 32.2. The first kappa shape index (κ1) is 17.6. The Kier molecular flexibility index (Phi) is 4.89. The Balaban J connectivity index is 1.87. The van der Waals surface area contributed by atoms with Gasteiger partial charge in [-0.25, -0.2) is 8.42 Å². The summed E-state index contributed by atoms with van der Waals surface area (Å²) in [5.74, 6) is -0.0215. The molecule has 0 saturated carbocycles. The number of aromatic nitrogens is 2. The van der Waals surface area contributed by atoms with Crippen LogP contribution in [0, 0.1) is 0 Å². The highest BCUT2D eigenvalue weighted by Crippen LogP contribution is 2.19. The molecule has 0 aliphatic carbocycles. The zero-order valence-corrected chi connectivity index (χ0v) is 14.9. The molecule has 7 nitrogen and oxygen atoms in total. The molecule has 0 spiro atoms. The second kappa shape index (κ2) is 6.95. The van der Waals surface area contributed by atoms with Crippen molar-refractivity contribution >= 4 is 26.6 Å². The highest BCUT2D eigenvalue weighted by Gasteiger charge is 2.34. The molecule has 1 aromatic heterocycles. The molecular formula is C17H21N3O4S. The van der Waals surface area contributed by atoms with Crippen LogP contribution in [-0.2, 0) is 21.2 Å². The molecule has 3 rings (SSSR count). The van der Waals surface area contributed by atoms with Gasteiger partial charge in [0.05, 0.1) is 23.2 Å². The van der Waals surface area contributed by atoms with Gasteiger partial charge in [-0.2, -0.15) is 5.10 Å². The Morgan fingerprint density at radius 3 is 2.80 bits per heavy atom.